The zero-order chi connectivity index (χ0) is 7.84. The third-order valence-corrected chi connectivity index (χ3v) is 1.52. The van der Waals surface area contributed by atoms with Gasteiger partial charge in [0.25, 0.3) is 0 Å². The van der Waals surface area contributed by atoms with Gasteiger partial charge in [-0.15, -0.1) is 0 Å². The number of aromatic amines is 1. The van der Waals surface area contributed by atoms with Crippen LogP contribution in [0.3, 0.4) is 0 Å². The van der Waals surface area contributed by atoms with E-state index in [4.69, 9.17) is 1.37 Å². The second-order valence-electron chi connectivity index (χ2n) is 2.37. The summed E-state index contributed by atoms with van der Waals surface area (Å²) in [5.74, 6) is 0. The summed E-state index contributed by atoms with van der Waals surface area (Å²) in [5.41, 5.74) is 2.97. The van der Waals surface area contributed by atoms with Gasteiger partial charge in [0.15, 0.2) is 0 Å². The molecule has 0 saturated heterocycles. The van der Waals surface area contributed by atoms with Crippen molar-refractivity contribution in [3.05, 3.63) is 30.1 Å². The van der Waals surface area contributed by atoms with Crippen LogP contribution in [-0.2, 0) is 0 Å². The smallest absolute Gasteiger partial charge is 0.104 e. The molecule has 0 aliphatic rings. The summed E-state index contributed by atoms with van der Waals surface area (Å²) < 4.78 is 7.23. The van der Waals surface area contributed by atoms with Gasteiger partial charge in [0.05, 0.1) is 17.3 Å². The van der Waals surface area contributed by atoms with E-state index >= 15 is 0 Å². The van der Waals surface area contributed by atoms with Crippen molar-refractivity contribution in [2.24, 2.45) is 0 Å². The Bertz CT molecular complexity index is 392. The molecule has 1 N–H and O–H groups in total. The van der Waals surface area contributed by atoms with Crippen LogP contribution in [0.25, 0.3) is 11.0 Å². The van der Waals surface area contributed by atoms with Gasteiger partial charge < -0.3 is 4.98 Å². The topological polar surface area (TPSA) is 28.7 Å². The minimum Gasteiger partial charge on any atom is -0.345 e. The number of rotatable bonds is 0. The monoisotopic (exact) mass is 133 g/mol. The van der Waals surface area contributed by atoms with Crippen LogP contribution in [0.1, 0.15) is 6.93 Å². The van der Waals surface area contributed by atoms with Gasteiger partial charge in [0, 0.05) is 0 Å². The second-order valence-corrected chi connectivity index (χ2v) is 2.37. The van der Waals surface area contributed by atoms with Gasteiger partial charge in [0.1, 0.15) is 1.37 Å². The molecule has 2 heteroatoms. The molecule has 0 spiro atoms. The summed E-state index contributed by atoms with van der Waals surface area (Å²) in [6, 6.07) is 5.90. The molecule has 1 aromatic carbocycles. The van der Waals surface area contributed by atoms with Crippen LogP contribution in [0.4, 0.5) is 0 Å². The van der Waals surface area contributed by atoms with E-state index in [1.165, 1.54) is 5.56 Å². The Labute approximate surface area is 60.3 Å². The van der Waals surface area contributed by atoms with Crippen LogP contribution in [0.2, 0.25) is 0 Å². The number of hydrogen-bond acceptors (Lipinski definition) is 1. The summed E-state index contributed by atoms with van der Waals surface area (Å²) >= 11 is 0. The lowest BCUT2D eigenvalue weighted by atomic mass is 10.2. The van der Waals surface area contributed by atoms with E-state index in [0.29, 0.717) is 0 Å². The summed E-state index contributed by atoms with van der Waals surface area (Å²) in [6.45, 7) is 2.01. The molecule has 0 amide bonds. The van der Waals surface area contributed by atoms with E-state index in [9.17, 15) is 0 Å². The number of aryl methyl sites for hydroxylation is 1. The maximum absolute atomic E-state index is 7.23. The molecule has 2 rings (SSSR count). The molecule has 0 radical (unpaired) electrons. The van der Waals surface area contributed by atoms with E-state index in [0.717, 1.165) is 11.0 Å². The predicted octanol–water partition coefficient (Wildman–Crippen LogP) is 1.87. The van der Waals surface area contributed by atoms with E-state index in [1.807, 2.05) is 25.1 Å². The average Bonchev–Trinajstić information content (AvgIpc) is 2.27. The van der Waals surface area contributed by atoms with Crippen molar-refractivity contribution in [3.63, 3.8) is 0 Å². The fourth-order valence-corrected chi connectivity index (χ4v) is 0.988. The first-order valence-electron chi connectivity index (χ1n) is 3.69. The highest BCUT2D eigenvalue weighted by Gasteiger charge is 1.92. The van der Waals surface area contributed by atoms with Crippen LogP contribution < -0.4 is 0 Å². The van der Waals surface area contributed by atoms with E-state index in [-0.39, 0.29) is 6.30 Å². The van der Waals surface area contributed by atoms with Gasteiger partial charge >= 0.3 is 0 Å². The Hall–Kier alpha value is -1.31. The lowest BCUT2D eigenvalue weighted by Gasteiger charge is -1.89. The van der Waals surface area contributed by atoms with E-state index in [2.05, 4.69) is 9.97 Å². The minimum absolute atomic E-state index is 0.227. The number of benzene rings is 1. The molecular weight excluding hydrogens is 124 g/mol. The zero-order valence-electron chi connectivity index (χ0n) is 6.68. The van der Waals surface area contributed by atoms with Crippen molar-refractivity contribution in [1.29, 1.82) is 0 Å². The molecule has 0 aliphatic heterocycles. The first kappa shape index (κ1) is 4.50. The Morgan fingerprint density at radius 1 is 1.60 bits per heavy atom. The number of hydrogen-bond donors (Lipinski definition) is 1. The van der Waals surface area contributed by atoms with Gasteiger partial charge in [-0.25, -0.2) is 4.98 Å². The SMILES string of the molecule is [2H]c1nc2cc(C)ccc2[nH]1. The largest absolute Gasteiger partial charge is 0.345 e. The van der Waals surface area contributed by atoms with Crippen LogP contribution in [0, 0.1) is 6.92 Å². The molecule has 0 atom stereocenters. The van der Waals surface area contributed by atoms with Gasteiger partial charge in [-0.05, 0) is 24.6 Å². The van der Waals surface area contributed by atoms with Crippen molar-refractivity contribution in [2.45, 2.75) is 6.92 Å². The normalized spacial score (nSPS) is 11.9. The quantitative estimate of drug-likeness (QED) is 0.584. The fourth-order valence-electron chi connectivity index (χ4n) is 0.988. The van der Waals surface area contributed by atoms with Gasteiger partial charge in [0.2, 0.25) is 0 Å². The van der Waals surface area contributed by atoms with Gasteiger partial charge in [-0.1, -0.05) is 6.07 Å². The van der Waals surface area contributed by atoms with Crippen molar-refractivity contribution in [2.75, 3.05) is 0 Å². The number of H-pyrrole nitrogens is 1. The molecule has 2 nitrogen and oxygen atoms in total. The van der Waals surface area contributed by atoms with Crippen LogP contribution >= 0.6 is 0 Å². The number of nitrogens with one attached hydrogen (secondary N) is 1. The van der Waals surface area contributed by atoms with Crippen molar-refractivity contribution in [1.82, 2.24) is 9.97 Å². The van der Waals surface area contributed by atoms with Crippen molar-refractivity contribution in [3.8, 4) is 0 Å². The molecule has 10 heavy (non-hydrogen) atoms. The van der Waals surface area contributed by atoms with Crippen LogP contribution in [-0.4, -0.2) is 9.97 Å². The highest BCUT2D eigenvalue weighted by Crippen LogP contribution is 2.09. The third-order valence-electron chi connectivity index (χ3n) is 1.52. The first-order valence-corrected chi connectivity index (χ1v) is 3.19. The molecule has 0 bridgehead atoms. The van der Waals surface area contributed by atoms with Crippen molar-refractivity contribution < 1.29 is 1.37 Å². The highest BCUT2D eigenvalue weighted by molar-refractivity contribution is 5.74. The summed E-state index contributed by atoms with van der Waals surface area (Å²) in [4.78, 5) is 6.83. The Balaban J connectivity index is 2.82. The average molecular weight is 133 g/mol. The number of nitrogens with zero attached hydrogens (tertiary/aromatic N) is 1. The molecule has 0 fully saturated rings. The summed E-state index contributed by atoms with van der Waals surface area (Å²) in [7, 11) is 0. The Morgan fingerprint density at radius 3 is 3.40 bits per heavy atom. The first-order chi connectivity index (χ1) is 5.25. The Kier molecular flexibility index (Phi) is 0.826. The maximum Gasteiger partial charge on any atom is 0.104 e. The molecule has 50 valence electrons. The molecular formula is C8H8N2. The molecule has 2 aromatic rings. The molecule has 0 unspecified atom stereocenters. The molecule has 1 aromatic heterocycles. The number of aromatic nitrogens is 2. The van der Waals surface area contributed by atoms with E-state index in [1.54, 1.807) is 0 Å². The second kappa shape index (κ2) is 1.84. The van der Waals surface area contributed by atoms with E-state index < -0.39 is 0 Å². The lowest BCUT2D eigenvalue weighted by molar-refractivity contribution is 1.34. The fraction of sp³-hybridized carbons (Fsp3) is 0.125. The number of fused-ring (bicyclic) bond motifs is 1. The van der Waals surface area contributed by atoms with Gasteiger partial charge in [-0.3, -0.25) is 0 Å². The third kappa shape index (κ3) is 0.692. The standard InChI is InChI=1S/C8H8N2/c1-6-2-3-7-8(4-6)10-5-9-7/h2-5H,1H3,(H,9,10)/i5D. The zero-order valence-corrected chi connectivity index (χ0v) is 5.68. The molecule has 0 aliphatic carbocycles. The summed E-state index contributed by atoms with van der Waals surface area (Å²) in [6.07, 6.45) is 0.227. The van der Waals surface area contributed by atoms with Gasteiger partial charge in [-0.2, -0.15) is 0 Å². The Morgan fingerprint density at radius 2 is 2.50 bits per heavy atom. The molecule has 1 heterocycles. The van der Waals surface area contributed by atoms with Crippen LogP contribution in [0.15, 0.2) is 24.5 Å². The van der Waals surface area contributed by atoms with Crippen molar-refractivity contribution >= 4 is 11.0 Å². The maximum atomic E-state index is 7.23. The lowest BCUT2D eigenvalue weighted by Crippen LogP contribution is -1.71. The summed E-state index contributed by atoms with van der Waals surface area (Å²) in [5, 5.41) is 0. The minimum atomic E-state index is 0.227. The highest BCUT2D eigenvalue weighted by atomic mass is 14.9. The number of imidazole rings is 1. The van der Waals surface area contributed by atoms with Crippen LogP contribution in [0.5, 0.6) is 0 Å². The molecule has 0 saturated carbocycles. The predicted molar refractivity (Wildman–Crippen MR) is 40.8 cm³/mol.